The van der Waals surface area contributed by atoms with Crippen molar-refractivity contribution >= 4 is 23.7 Å². The maximum absolute atomic E-state index is 12.2. The quantitative estimate of drug-likeness (QED) is 0.173. The number of unbranched alkanes of at least 4 members (excludes halogenated alkanes) is 3. The highest BCUT2D eigenvalue weighted by molar-refractivity contribution is 8.03. The van der Waals surface area contributed by atoms with E-state index in [2.05, 4.69) is 18.6 Å². The molecule has 7 heteroatoms. The van der Waals surface area contributed by atoms with Crippen molar-refractivity contribution in [2.24, 2.45) is 17.8 Å². The van der Waals surface area contributed by atoms with Gasteiger partial charge in [0.1, 0.15) is 5.76 Å². The molecule has 0 bridgehead atoms. The molecule has 0 aliphatic heterocycles. The largest absolute Gasteiger partial charge is 0.469 e. The van der Waals surface area contributed by atoms with Crippen molar-refractivity contribution < 1.29 is 29.3 Å². The number of aliphatic hydroxyl groups excluding tert-OH is 2. The normalized spacial score (nSPS) is 20.5. The highest BCUT2D eigenvalue weighted by atomic mass is 32.2. The maximum atomic E-state index is 12.2. The topological polar surface area (TPSA) is 93.1 Å². The number of esters is 2. The number of hydrogen-bond acceptors (Lipinski definition) is 7. The molecule has 0 aromatic carbocycles. The van der Waals surface area contributed by atoms with Crippen molar-refractivity contribution in [1.29, 1.82) is 0 Å². The van der Waals surface area contributed by atoms with Crippen LogP contribution in [0.3, 0.4) is 0 Å². The van der Waals surface area contributed by atoms with Crippen LogP contribution in [0.2, 0.25) is 0 Å². The highest BCUT2D eigenvalue weighted by Gasteiger charge is 2.35. The fraction of sp³-hybridized carbons (Fsp3) is 0.769. The first-order valence-corrected chi connectivity index (χ1v) is 13.4. The molecule has 0 unspecified atom stereocenters. The van der Waals surface area contributed by atoms with Gasteiger partial charge in [0, 0.05) is 23.7 Å². The minimum atomic E-state index is -0.678. The zero-order chi connectivity index (χ0) is 24.8. The van der Waals surface area contributed by atoms with E-state index in [-0.39, 0.29) is 23.8 Å². The van der Waals surface area contributed by atoms with Gasteiger partial charge in [-0.15, -0.1) is 11.8 Å². The molecule has 2 N–H and O–H groups in total. The van der Waals surface area contributed by atoms with Crippen molar-refractivity contribution in [1.82, 2.24) is 0 Å². The van der Waals surface area contributed by atoms with E-state index in [4.69, 9.17) is 4.74 Å². The Kier molecular flexibility index (Phi) is 14.7. The van der Waals surface area contributed by atoms with Gasteiger partial charge in [0.25, 0.3) is 0 Å². The summed E-state index contributed by atoms with van der Waals surface area (Å²) in [5, 5.41) is 21.2. The van der Waals surface area contributed by atoms with Gasteiger partial charge in [-0.2, -0.15) is 0 Å². The van der Waals surface area contributed by atoms with Crippen LogP contribution in [0.4, 0.5) is 0 Å². The maximum Gasteiger partial charge on any atom is 0.313 e. The standard InChI is InChI=1S/C26H44O6S/c1-6-7-11-19(4)16-20(27)13-14-21-22(28)17-23(32-26(30)18(2)3)25(21)33-15-10-8-9-12-24(29)31-5/h13-14,18-22,27-28H,6-12,15-17H2,1-5H3/t19-,20-,21+,22-/m1/s1. The Labute approximate surface area is 204 Å². The molecule has 190 valence electrons. The lowest BCUT2D eigenvalue weighted by molar-refractivity contribution is -0.143. The van der Waals surface area contributed by atoms with Gasteiger partial charge in [-0.25, -0.2) is 0 Å². The fourth-order valence-electron chi connectivity index (χ4n) is 3.74. The Hall–Kier alpha value is -1.31. The predicted octanol–water partition coefficient (Wildman–Crippen LogP) is 5.38. The fourth-order valence-corrected chi connectivity index (χ4v) is 5.03. The van der Waals surface area contributed by atoms with Gasteiger partial charge >= 0.3 is 11.9 Å². The van der Waals surface area contributed by atoms with Crippen molar-refractivity contribution in [3.8, 4) is 0 Å². The van der Waals surface area contributed by atoms with Crippen LogP contribution >= 0.6 is 11.8 Å². The van der Waals surface area contributed by atoms with Crippen LogP contribution in [-0.2, 0) is 19.1 Å². The van der Waals surface area contributed by atoms with Crippen LogP contribution in [0, 0.1) is 17.8 Å². The van der Waals surface area contributed by atoms with E-state index in [9.17, 15) is 19.8 Å². The molecule has 0 fully saturated rings. The summed E-state index contributed by atoms with van der Waals surface area (Å²) < 4.78 is 10.3. The number of aliphatic hydroxyl groups is 2. The molecule has 1 rings (SSSR count). The van der Waals surface area contributed by atoms with Gasteiger partial charge in [-0.1, -0.05) is 65.5 Å². The lowest BCUT2D eigenvalue weighted by atomic mass is 9.96. The summed E-state index contributed by atoms with van der Waals surface area (Å²) in [5.74, 6) is 0.743. The van der Waals surface area contributed by atoms with E-state index < -0.39 is 12.2 Å². The van der Waals surface area contributed by atoms with Crippen molar-refractivity contribution in [3.63, 3.8) is 0 Å². The van der Waals surface area contributed by atoms with Crippen molar-refractivity contribution in [2.75, 3.05) is 12.9 Å². The third-order valence-corrected chi connectivity index (χ3v) is 7.13. The van der Waals surface area contributed by atoms with Gasteiger partial charge in [0.05, 0.1) is 25.2 Å². The molecule has 0 heterocycles. The monoisotopic (exact) mass is 484 g/mol. The summed E-state index contributed by atoms with van der Waals surface area (Å²) in [7, 11) is 1.40. The van der Waals surface area contributed by atoms with Crippen LogP contribution in [0.1, 0.15) is 85.5 Å². The summed E-state index contributed by atoms with van der Waals surface area (Å²) >= 11 is 1.59. The van der Waals surface area contributed by atoms with Gasteiger partial charge in [-0.3, -0.25) is 9.59 Å². The second-order valence-corrected chi connectivity index (χ2v) is 10.5. The SMILES string of the molecule is CCCC[C@@H](C)C[C@H](O)C=C[C@@H]1C(SCCCCCC(=O)OC)=C(OC(=O)C(C)C)C[C@H]1O. The molecule has 0 aromatic rings. The molecule has 0 radical (unpaired) electrons. The summed E-state index contributed by atoms with van der Waals surface area (Å²) in [6, 6.07) is 0. The second kappa shape index (κ2) is 16.3. The molecule has 1 aliphatic carbocycles. The number of ether oxygens (including phenoxy) is 2. The first kappa shape index (κ1) is 29.7. The lowest BCUT2D eigenvalue weighted by Crippen LogP contribution is -2.15. The molecule has 4 atom stereocenters. The number of carbonyl (C=O) groups is 2. The van der Waals surface area contributed by atoms with E-state index in [0.717, 1.165) is 49.2 Å². The molecule has 0 spiro atoms. The number of methoxy groups -OCH3 is 1. The summed E-state index contributed by atoms with van der Waals surface area (Å²) in [5.41, 5.74) is 0. The molecule has 0 saturated heterocycles. The Bertz CT molecular complexity index is 657. The molecular weight excluding hydrogens is 440 g/mol. The van der Waals surface area contributed by atoms with Crippen LogP contribution in [0.15, 0.2) is 22.8 Å². The minimum Gasteiger partial charge on any atom is -0.469 e. The van der Waals surface area contributed by atoms with Crippen molar-refractivity contribution in [3.05, 3.63) is 22.8 Å². The van der Waals surface area contributed by atoms with Crippen molar-refractivity contribution in [2.45, 2.75) is 97.7 Å². The zero-order valence-electron chi connectivity index (χ0n) is 21.0. The first-order valence-electron chi connectivity index (χ1n) is 12.4. The molecule has 0 amide bonds. The van der Waals surface area contributed by atoms with E-state index in [1.165, 1.54) is 7.11 Å². The Balaban J connectivity index is 2.77. The average molecular weight is 485 g/mol. The minimum absolute atomic E-state index is 0.195. The van der Waals surface area contributed by atoms with Gasteiger partial charge in [0.2, 0.25) is 0 Å². The zero-order valence-corrected chi connectivity index (χ0v) is 21.9. The van der Waals surface area contributed by atoms with Gasteiger partial charge in [-0.05, 0) is 30.9 Å². The lowest BCUT2D eigenvalue weighted by Gasteiger charge is -2.17. The average Bonchev–Trinajstić information content (AvgIpc) is 3.06. The third-order valence-electron chi connectivity index (χ3n) is 5.83. The highest BCUT2D eigenvalue weighted by Crippen LogP contribution is 2.41. The van der Waals surface area contributed by atoms with E-state index in [1.807, 2.05) is 6.08 Å². The van der Waals surface area contributed by atoms with Crippen LogP contribution < -0.4 is 0 Å². The Morgan fingerprint density at radius 3 is 2.55 bits per heavy atom. The van der Waals surface area contributed by atoms with E-state index in [0.29, 0.717) is 30.9 Å². The van der Waals surface area contributed by atoms with E-state index >= 15 is 0 Å². The molecule has 0 saturated carbocycles. The first-order chi connectivity index (χ1) is 15.7. The van der Waals surface area contributed by atoms with Gasteiger partial charge in [0.15, 0.2) is 0 Å². The summed E-state index contributed by atoms with van der Waals surface area (Å²) in [6.45, 7) is 7.90. The number of hydrogen-bond donors (Lipinski definition) is 2. The van der Waals surface area contributed by atoms with E-state index in [1.54, 1.807) is 31.7 Å². The molecule has 33 heavy (non-hydrogen) atoms. The van der Waals surface area contributed by atoms with Crippen LogP contribution in [-0.4, -0.2) is 47.2 Å². The molecule has 6 nitrogen and oxygen atoms in total. The molecule has 1 aliphatic rings. The third kappa shape index (κ3) is 11.6. The molecule has 0 aromatic heterocycles. The van der Waals surface area contributed by atoms with Crippen LogP contribution in [0.25, 0.3) is 0 Å². The Morgan fingerprint density at radius 1 is 1.18 bits per heavy atom. The summed E-state index contributed by atoms with van der Waals surface area (Å²) in [4.78, 5) is 24.3. The molecular formula is C26H44O6S. The number of carbonyl (C=O) groups excluding carboxylic acids is 2. The predicted molar refractivity (Wildman–Crippen MR) is 133 cm³/mol. The van der Waals surface area contributed by atoms with Crippen LogP contribution in [0.5, 0.6) is 0 Å². The number of rotatable bonds is 16. The number of thioether (sulfide) groups is 1. The van der Waals surface area contributed by atoms with Gasteiger partial charge < -0.3 is 19.7 Å². The smallest absolute Gasteiger partial charge is 0.313 e. The second-order valence-electron chi connectivity index (χ2n) is 9.33. The Morgan fingerprint density at radius 2 is 1.91 bits per heavy atom. The summed E-state index contributed by atoms with van der Waals surface area (Å²) in [6.07, 6.45) is 9.80.